The molecule has 0 bridgehead atoms. The van der Waals surface area contributed by atoms with Crippen molar-refractivity contribution in [2.75, 3.05) is 18.4 Å². The van der Waals surface area contributed by atoms with Crippen LogP contribution in [0.25, 0.3) is 0 Å². The third-order valence-electron chi connectivity index (χ3n) is 4.53. The zero-order chi connectivity index (χ0) is 15.7. The molecule has 3 rings (SSSR count). The molecule has 2 aromatic heterocycles. The van der Waals surface area contributed by atoms with Gasteiger partial charge in [-0.05, 0) is 25.3 Å². The number of aromatic nitrogens is 2. The van der Waals surface area contributed by atoms with E-state index in [0.29, 0.717) is 12.6 Å². The molecule has 0 radical (unpaired) electrons. The van der Waals surface area contributed by atoms with Crippen molar-refractivity contribution in [2.24, 2.45) is 7.05 Å². The standard InChI is InChI=1S/C16H22N4OS/c1-11-16(12(2)19(3)18-11)17-15(21)10-20-8-4-6-13(20)14-7-5-9-22-14/h5,7,9,13H,4,6,8,10H2,1-3H3,(H,17,21)/p+1/t13-/m0/s1. The Hall–Kier alpha value is -1.66. The van der Waals surface area contributed by atoms with Gasteiger partial charge in [0.25, 0.3) is 5.91 Å². The molecular formula is C16H23N4OS+. The predicted molar refractivity (Wildman–Crippen MR) is 88.3 cm³/mol. The van der Waals surface area contributed by atoms with Gasteiger partial charge in [-0.15, -0.1) is 11.3 Å². The molecule has 3 heterocycles. The van der Waals surface area contributed by atoms with E-state index >= 15 is 0 Å². The minimum absolute atomic E-state index is 0.0812. The Morgan fingerprint density at radius 3 is 3.00 bits per heavy atom. The molecule has 1 aliphatic heterocycles. The molecule has 1 aliphatic rings. The van der Waals surface area contributed by atoms with Crippen molar-refractivity contribution >= 4 is 22.9 Å². The average molecular weight is 319 g/mol. The fourth-order valence-corrected chi connectivity index (χ4v) is 4.22. The van der Waals surface area contributed by atoms with Gasteiger partial charge in [-0.1, -0.05) is 6.07 Å². The number of nitrogens with zero attached hydrogens (tertiary/aromatic N) is 2. The van der Waals surface area contributed by atoms with Gasteiger partial charge < -0.3 is 10.2 Å². The van der Waals surface area contributed by atoms with Crippen LogP contribution in [0.1, 0.15) is 35.1 Å². The molecule has 1 unspecified atom stereocenters. The highest BCUT2D eigenvalue weighted by Gasteiger charge is 2.32. The number of amides is 1. The number of anilines is 1. The third kappa shape index (κ3) is 2.94. The van der Waals surface area contributed by atoms with Crippen LogP contribution >= 0.6 is 11.3 Å². The van der Waals surface area contributed by atoms with Gasteiger partial charge in [0.1, 0.15) is 6.04 Å². The first-order valence-electron chi connectivity index (χ1n) is 7.74. The van der Waals surface area contributed by atoms with Gasteiger partial charge in [-0.3, -0.25) is 9.48 Å². The highest BCUT2D eigenvalue weighted by Crippen LogP contribution is 2.23. The van der Waals surface area contributed by atoms with Gasteiger partial charge in [0.15, 0.2) is 6.54 Å². The molecule has 2 atom stereocenters. The van der Waals surface area contributed by atoms with E-state index in [1.54, 1.807) is 11.3 Å². The fraction of sp³-hybridized carbons (Fsp3) is 0.500. The zero-order valence-corrected chi connectivity index (χ0v) is 14.2. The number of aryl methyl sites for hydroxylation is 2. The smallest absolute Gasteiger partial charge is 0.279 e. The number of rotatable bonds is 4. The lowest BCUT2D eigenvalue weighted by molar-refractivity contribution is -0.910. The van der Waals surface area contributed by atoms with Crippen LogP contribution in [0.2, 0.25) is 0 Å². The summed E-state index contributed by atoms with van der Waals surface area (Å²) in [5.74, 6) is 0.0812. The molecule has 118 valence electrons. The van der Waals surface area contributed by atoms with Crippen molar-refractivity contribution < 1.29 is 9.69 Å². The Morgan fingerprint density at radius 2 is 2.36 bits per heavy atom. The maximum Gasteiger partial charge on any atom is 0.279 e. The summed E-state index contributed by atoms with van der Waals surface area (Å²) >= 11 is 1.80. The molecule has 0 aromatic carbocycles. The minimum atomic E-state index is 0.0812. The van der Waals surface area contributed by atoms with Crippen molar-refractivity contribution in [1.29, 1.82) is 0 Å². The van der Waals surface area contributed by atoms with Crippen molar-refractivity contribution in [2.45, 2.75) is 32.7 Å². The predicted octanol–water partition coefficient (Wildman–Crippen LogP) is 1.46. The summed E-state index contributed by atoms with van der Waals surface area (Å²) in [6.45, 7) is 5.50. The number of likely N-dealkylation sites (tertiary alicyclic amines) is 1. The van der Waals surface area contributed by atoms with Crippen molar-refractivity contribution in [1.82, 2.24) is 9.78 Å². The van der Waals surface area contributed by atoms with Crippen LogP contribution in [-0.2, 0) is 11.8 Å². The molecule has 0 saturated carbocycles. The Labute approximate surface area is 134 Å². The second-order valence-corrected chi connectivity index (χ2v) is 6.99. The van der Waals surface area contributed by atoms with Gasteiger partial charge in [0.05, 0.1) is 28.5 Å². The topological polar surface area (TPSA) is 51.4 Å². The Morgan fingerprint density at radius 1 is 1.55 bits per heavy atom. The van der Waals surface area contributed by atoms with E-state index in [1.807, 2.05) is 25.6 Å². The lowest BCUT2D eigenvalue weighted by Gasteiger charge is -2.20. The van der Waals surface area contributed by atoms with Crippen molar-refractivity contribution in [3.63, 3.8) is 0 Å². The summed E-state index contributed by atoms with van der Waals surface area (Å²) in [5, 5.41) is 9.52. The molecule has 1 amide bonds. The SMILES string of the molecule is Cc1nn(C)c(C)c1NC(=O)C[NH+]1CCC[C@H]1c1cccs1. The van der Waals surface area contributed by atoms with Crippen LogP contribution in [0.5, 0.6) is 0 Å². The largest absolute Gasteiger partial charge is 0.320 e. The molecule has 2 N–H and O–H groups in total. The number of carbonyl (C=O) groups excluding carboxylic acids is 1. The van der Waals surface area contributed by atoms with Gasteiger partial charge in [-0.2, -0.15) is 5.10 Å². The average Bonchev–Trinajstić information content (AvgIpc) is 3.17. The van der Waals surface area contributed by atoms with Crippen LogP contribution in [0.3, 0.4) is 0 Å². The molecule has 1 saturated heterocycles. The third-order valence-corrected chi connectivity index (χ3v) is 5.52. The monoisotopic (exact) mass is 319 g/mol. The van der Waals surface area contributed by atoms with E-state index in [1.165, 1.54) is 22.6 Å². The van der Waals surface area contributed by atoms with Gasteiger partial charge >= 0.3 is 0 Å². The number of thiophene rings is 1. The number of quaternary nitrogens is 1. The van der Waals surface area contributed by atoms with Crippen LogP contribution < -0.4 is 10.2 Å². The molecule has 6 heteroatoms. The summed E-state index contributed by atoms with van der Waals surface area (Å²) in [6.07, 6.45) is 2.37. The van der Waals surface area contributed by atoms with Crippen molar-refractivity contribution in [3.8, 4) is 0 Å². The van der Waals surface area contributed by atoms with Gasteiger partial charge in [0, 0.05) is 19.9 Å². The summed E-state index contributed by atoms with van der Waals surface area (Å²) < 4.78 is 1.81. The molecular weight excluding hydrogens is 296 g/mol. The van der Waals surface area contributed by atoms with E-state index in [-0.39, 0.29) is 5.91 Å². The summed E-state index contributed by atoms with van der Waals surface area (Å²) in [4.78, 5) is 15.2. The maximum atomic E-state index is 12.4. The maximum absolute atomic E-state index is 12.4. The Kier molecular flexibility index (Phi) is 4.31. The lowest BCUT2D eigenvalue weighted by Crippen LogP contribution is -3.11. The van der Waals surface area contributed by atoms with E-state index in [4.69, 9.17) is 0 Å². The number of hydrogen-bond acceptors (Lipinski definition) is 3. The highest BCUT2D eigenvalue weighted by atomic mass is 32.1. The number of carbonyl (C=O) groups is 1. The molecule has 0 aliphatic carbocycles. The van der Waals surface area contributed by atoms with Crippen LogP contribution in [0, 0.1) is 13.8 Å². The van der Waals surface area contributed by atoms with Crippen LogP contribution in [0.15, 0.2) is 17.5 Å². The highest BCUT2D eigenvalue weighted by molar-refractivity contribution is 7.10. The first-order valence-corrected chi connectivity index (χ1v) is 8.62. The van der Waals surface area contributed by atoms with E-state index in [2.05, 4.69) is 27.9 Å². The fourth-order valence-electron chi connectivity index (χ4n) is 3.30. The summed E-state index contributed by atoms with van der Waals surface area (Å²) in [6, 6.07) is 4.76. The number of hydrogen-bond donors (Lipinski definition) is 2. The molecule has 5 nitrogen and oxygen atoms in total. The van der Waals surface area contributed by atoms with E-state index < -0.39 is 0 Å². The Bertz CT molecular complexity index is 662. The van der Waals surface area contributed by atoms with Gasteiger partial charge in [0.2, 0.25) is 0 Å². The van der Waals surface area contributed by atoms with E-state index in [9.17, 15) is 4.79 Å². The van der Waals surface area contributed by atoms with E-state index in [0.717, 1.165) is 23.6 Å². The van der Waals surface area contributed by atoms with Gasteiger partial charge in [-0.25, -0.2) is 0 Å². The molecule has 1 fully saturated rings. The van der Waals surface area contributed by atoms with Crippen molar-refractivity contribution in [3.05, 3.63) is 33.8 Å². The Balaban J connectivity index is 1.66. The molecule has 22 heavy (non-hydrogen) atoms. The lowest BCUT2D eigenvalue weighted by atomic mass is 10.2. The zero-order valence-electron chi connectivity index (χ0n) is 13.3. The summed E-state index contributed by atoms with van der Waals surface area (Å²) in [7, 11) is 1.90. The number of nitrogens with one attached hydrogen (secondary N) is 2. The first kappa shape index (κ1) is 15.2. The second-order valence-electron chi connectivity index (χ2n) is 6.01. The molecule has 2 aromatic rings. The van der Waals surface area contributed by atoms with Crippen LogP contribution in [0.4, 0.5) is 5.69 Å². The second kappa shape index (κ2) is 6.22. The van der Waals surface area contributed by atoms with Crippen LogP contribution in [-0.4, -0.2) is 28.8 Å². The first-order chi connectivity index (χ1) is 10.6. The normalized spacial score (nSPS) is 21.2. The summed E-state index contributed by atoms with van der Waals surface area (Å²) in [5.41, 5.74) is 2.73. The minimum Gasteiger partial charge on any atom is -0.320 e. The quantitative estimate of drug-likeness (QED) is 0.896. The molecule has 0 spiro atoms.